The van der Waals surface area contributed by atoms with Crippen molar-refractivity contribution >= 4 is 67.8 Å². The molecular formula is C11H7Cl4NO2S2. The lowest BCUT2D eigenvalue weighted by Crippen LogP contribution is -2.23. The molecule has 2 aromatic rings. The number of nitrogens with one attached hydrogen (secondary N) is 1. The third-order valence-electron chi connectivity index (χ3n) is 2.40. The molecule has 0 saturated carbocycles. The molecule has 20 heavy (non-hydrogen) atoms. The molecule has 9 heteroatoms. The van der Waals surface area contributed by atoms with Gasteiger partial charge in [-0.2, -0.15) is 0 Å². The molecule has 2 rings (SSSR count). The Bertz CT molecular complexity index is 743. The smallest absolute Gasteiger partial charge is 0.207 e. The molecule has 0 spiro atoms. The molecule has 1 aromatic heterocycles. The normalized spacial score (nSPS) is 11.8. The minimum absolute atomic E-state index is 0.00548. The van der Waals surface area contributed by atoms with Crippen molar-refractivity contribution < 1.29 is 8.42 Å². The Hall–Kier alpha value is -0.0100. The van der Waals surface area contributed by atoms with Crippen LogP contribution in [0.15, 0.2) is 29.2 Å². The molecule has 0 atom stereocenters. The summed E-state index contributed by atoms with van der Waals surface area (Å²) in [5.74, 6) is 0. The lowest BCUT2D eigenvalue weighted by molar-refractivity contribution is 0.582. The topological polar surface area (TPSA) is 46.2 Å². The molecule has 0 aliphatic rings. The van der Waals surface area contributed by atoms with Gasteiger partial charge < -0.3 is 0 Å². The van der Waals surface area contributed by atoms with E-state index in [4.69, 9.17) is 46.4 Å². The fourth-order valence-electron chi connectivity index (χ4n) is 1.44. The summed E-state index contributed by atoms with van der Waals surface area (Å²) in [6.07, 6.45) is 0. The van der Waals surface area contributed by atoms with E-state index < -0.39 is 10.0 Å². The van der Waals surface area contributed by atoms with Crippen molar-refractivity contribution in [2.24, 2.45) is 0 Å². The van der Waals surface area contributed by atoms with E-state index in [1.807, 2.05) is 0 Å². The minimum atomic E-state index is -3.76. The zero-order chi connectivity index (χ0) is 14.9. The van der Waals surface area contributed by atoms with Crippen molar-refractivity contribution in [3.63, 3.8) is 0 Å². The van der Waals surface area contributed by atoms with Crippen molar-refractivity contribution in [2.45, 2.75) is 11.4 Å². The van der Waals surface area contributed by atoms with Gasteiger partial charge in [-0.15, -0.1) is 11.3 Å². The van der Waals surface area contributed by atoms with Gasteiger partial charge in [0.2, 0.25) is 10.0 Å². The van der Waals surface area contributed by atoms with Crippen LogP contribution in [0.5, 0.6) is 0 Å². The van der Waals surface area contributed by atoms with E-state index in [0.717, 1.165) is 11.3 Å². The number of halogens is 4. The highest BCUT2D eigenvalue weighted by molar-refractivity contribution is 7.89. The number of hydrogen-bond donors (Lipinski definition) is 1. The van der Waals surface area contributed by atoms with Gasteiger partial charge in [0.05, 0.1) is 14.4 Å². The number of sulfonamides is 1. The summed E-state index contributed by atoms with van der Waals surface area (Å²) in [4.78, 5) is -0.0488. The van der Waals surface area contributed by atoms with Gasteiger partial charge in [-0.1, -0.05) is 58.5 Å². The average molecular weight is 391 g/mol. The van der Waals surface area contributed by atoms with Crippen LogP contribution in [-0.4, -0.2) is 8.42 Å². The molecule has 1 N–H and O–H groups in total. The van der Waals surface area contributed by atoms with Crippen LogP contribution in [0.3, 0.4) is 0 Å². The highest BCUT2D eigenvalue weighted by Gasteiger charge is 2.21. The Morgan fingerprint density at radius 1 is 1.15 bits per heavy atom. The van der Waals surface area contributed by atoms with Crippen LogP contribution in [0.25, 0.3) is 0 Å². The minimum Gasteiger partial charge on any atom is -0.207 e. The summed E-state index contributed by atoms with van der Waals surface area (Å²) in [6.45, 7) is 0.00548. The Morgan fingerprint density at radius 3 is 2.45 bits per heavy atom. The average Bonchev–Trinajstić information content (AvgIpc) is 2.71. The molecule has 108 valence electrons. The fraction of sp³-hybridized carbons (Fsp3) is 0.0909. The molecule has 0 radical (unpaired) electrons. The maximum absolute atomic E-state index is 12.1. The Kier molecular flexibility index (Phi) is 5.24. The molecular weight excluding hydrogens is 384 g/mol. The summed E-state index contributed by atoms with van der Waals surface area (Å²) in [7, 11) is -3.76. The number of thiophene rings is 1. The Labute approximate surface area is 140 Å². The van der Waals surface area contributed by atoms with E-state index in [1.54, 1.807) is 18.2 Å². The second kappa shape index (κ2) is 6.40. The predicted molar refractivity (Wildman–Crippen MR) is 84.8 cm³/mol. The monoisotopic (exact) mass is 389 g/mol. The second-order valence-corrected chi connectivity index (χ2v) is 8.53. The SMILES string of the molecule is O=S(=O)(NCc1cccc(Cl)c1Cl)c1cc(Cl)sc1Cl. The van der Waals surface area contributed by atoms with E-state index in [-0.39, 0.29) is 15.8 Å². The first-order valence-electron chi connectivity index (χ1n) is 5.18. The maximum atomic E-state index is 12.1. The van der Waals surface area contributed by atoms with E-state index in [9.17, 15) is 8.42 Å². The molecule has 0 amide bonds. The first-order chi connectivity index (χ1) is 9.31. The number of hydrogen-bond acceptors (Lipinski definition) is 3. The van der Waals surface area contributed by atoms with Gasteiger partial charge in [-0.3, -0.25) is 0 Å². The molecule has 0 aliphatic carbocycles. The Morgan fingerprint density at radius 2 is 1.85 bits per heavy atom. The predicted octanol–water partition coefficient (Wildman–Crippen LogP) is 4.84. The molecule has 0 saturated heterocycles. The van der Waals surface area contributed by atoms with Crippen molar-refractivity contribution in [2.75, 3.05) is 0 Å². The standard InChI is InChI=1S/C11H7Cl4NO2S2/c12-7-3-1-2-6(10(7)14)5-16-20(17,18)8-4-9(13)19-11(8)15/h1-4,16H,5H2. The van der Waals surface area contributed by atoms with Crippen LogP contribution in [0.1, 0.15) is 5.56 Å². The van der Waals surface area contributed by atoms with E-state index in [1.165, 1.54) is 6.07 Å². The molecule has 0 bridgehead atoms. The van der Waals surface area contributed by atoms with Crippen molar-refractivity contribution in [1.82, 2.24) is 4.72 Å². The lowest BCUT2D eigenvalue weighted by atomic mass is 10.2. The van der Waals surface area contributed by atoms with Crippen LogP contribution in [0.4, 0.5) is 0 Å². The van der Waals surface area contributed by atoms with Gasteiger partial charge in [0.25, 0.3) is 0 Å². The quantitative estimate of drug-likeness (QED) is 0.811. The molecule has 0 fully saturated rings. The van der Waals surface area contributed by atoms with Gasteiger partial charge in [-0.25, -0.2) is 13.1 Å². The van der Waals surface area contributed by atoms with Crippen LogP contribution < -0.4 is 4.72 Å². The van der Waals surface area contributed by atoms with E-state index in [2.05, 4.69) is 4.72 Å². The molecule has 1 heterocycles. The van der Waals surface area contributed by atoms with E-state index >= 15 is 0 Å². The zero-order valence-corrected chi connectivity index (χ0v) is 14.3. The summed E-state index contributed by atoms with van der Waals surface area (Å²) >= 11 is 24.4. The Balaban J connectivity index is 2.22. The summed E-state index contributed by atoms with van der Waals surface area (Å²) in [5, 5.41) is 0.672. The maximum Gasteiger partial charge on any atom is 0.243 e. The fourth-order valence-corrected chi connectivity index (χ4v) is 4.98. The van der Waals surface area contributed by atoms with Crippen LogP contribution in [-0.2, 0) is 16.6 Å². The molecule has 3 nitrogen and oxygen atoms in total. The largest absolute Gasteiger partial charge is 0.243 e. The number of benzene rings is 1. The van der Waals surface area contributed by atoms with Crippen LogP contribution >= 0.6 is 57.7 Å². The van der Waals surface area contributed by atoms with Gasteiger partial charge in [0.15, 0.2) is 0 Å². The first-order valence-corrected chi connectivity index (χ1v) is 9.00. The zero-order valence-electron chi connectivity index (χ0n) is 9.66. The molecule has 0 aliphatic heterocycles. The summed E-state index contributed by atoms with van der Waals surface area (Å²) < 4.78 is 27.0. The summed E-state index contributed by atoms with van der Waals surface area (Å²) in [5.41, 5.74) is 0.570. The van der Waals surface area contributed by atoms with Gasteiger partial charge in [0.1, 0.15) is 9.23 Å². The van der Waals surface area contributed by atoms with E-state index in [0.29, 0.717) is 19.9 Å². The highest BCUT2D eigenvalue weighted by atomic mass is 35.5. The molecule has 1 aromatic carbocycles. The van der Waals surface area contributed by atoms with Crippen molar-refractivity contribution in [3.8, 4) is 0 Å². The van der Waals surface area contributed by atoms with Crippen LogP contribution in [0.2, 0.25) is 18.7 Å². The van der Waals surface area contributed by atoms with Gasteiger partial charge in [0, 0.05) is 6.54 Å². The number of rotatable bonds is 4. The van der Waals surface area contributed by atoms with Gasteiger partial charge in [-0.05, 0) is 17.7 Å². The van der Waals surface area contributed by atoms with Crippen molar-refractivity contribution in [1.29, 1.82) is 0 Å². The third-order valence-corrected chi connectivity index (χ3v) is 6.41. The lowest BCUT2D eigenvalue weighted by Gasteiger charge is -2.08. The first kappa shape index (κ1) is 16.4. The second-order valence-electron chi connectivity index (χ2n) is 3.73. The molecule has 0 unspecified atom stereocenters. The van der Waals surface area contributed by atoms with Crippen molar-refractivity contribution in [3.05, 3.63) is 48.5 Å². The third kappa shape index (κ3) is 3.60. The summed E-state index contributed by atoms with van der Waals surface area (Å²) in [6, 6.07) is 6.29. The van der Waals surface area contributed by atoms with Gasteiger partial charge >= 0.3 is 0 Å². The van der Waals surface area contributed by atoms with Crippen LogP contribution in [0, 0.1) is 0 Å². The highest BCUT2D eigenvalue weighted by Crippen LogP contribution is 2.34.